The SMILES string of the molecule is CC(c1cc(C(F)(F)F)c2cn(-c3cccc(C4(C(F)c5nncn5C)COC4)c3)c(=O)n2c1)N1CCC2(CC2)C1. The minimum absolute atomic E-state index is 0.0916. The zero-order valence-corrected chi connectivity index (χ0v) is 22.7. The Morgan fingerprint density at radius 2 is 1.88 bits per heavy atom. The maximum atomic E-state index is 15.9. The van der Waals surface area contributed by atoms with E-state index in [0.717, 1.165) is 23.9 Å². The minimum atomic E-state index is -4.66. The molecular formula is C29H30F4N6O2. The Hall–Kier alpha value is -3.51. The second-order valence-electron chi connectivity index (χ2n) is 12.0. The Bertz CT molecular complexity index is 1700. The highest BCUT2D eigenvalue weighted by atomic mass is 19.4. The van der Waals surface area contributed by atoms with E-state index in [0.29, 0.717) is 22.2 Å². The molecule has 2 atom stereocenters. The van der Waals surface area contributed by atoms with Gasteiger partial charge < -0.3 is 9.30 Å². The summed E-state index contributed by atoms with van der Waals surface area (Å²) in [7, 11) is 1.65. The number of benzene rings is 1. The summed E-state index contributed by atoms with van der Waals surface area (Å²) in [6.07, 6.45) is 1.36. The van der Waals surface area contributed by atoms with Crippen molar-refractivity contribution in [3.05, 3.63) is 82.1 Å². The number of fused-ring (bicyclic) bond motifs is 1. The van der Waals surface area contributed by atoms with Gasteiger partial charge >= 0.3 is 11.9 Å². The predicted octanol–water partition coefficient (Wildman–Crippen LogP) is 4.76. The normalized spacial score (nSPS) is 21.3. The largest absolute Gasteiger partial charge is 0.418 e. The summed E-state index contributed by atoms with van der Waals surface area (Å²) in [6, 6.07) is 7.58. The number of ether oxygens (including phenoxy) is 1. The molecule has 3 aliphatic rings. The molecule has 7 rings (SSSR count). The molecule has 1 aliphatic carbocycles. The van der Waals surface area contributed by atoms with E-state index in [1.54, 1.807) is 31.3 Å². The Morgan fingerprint density at radius 3 is 2.49 bits per heavy atom. The number of rotatable bonds is 6. The first kappa shape index (κ1) is 26.4. The molecule has 2 aliphatic heterocycles. The summed E-state index contributed by atoms with van der Waals surface area (Å²) < 4.78 is 68.1. The summed E-state index contributed by atoms with van der Waals surface area (Å²) in [5.41, 5.74) is -1.10. The molecule has 0 radical (unpaired) electrons. The first-order valence-corrected chi connectivity index (χ1v) is 13.8. The van der Waals surface area contributed by atoms with Crippen LogP contribution < -0.4 is 5.69 Å². The van der Waals surface area contributed by atoms with Crippen molar-refractivity contribution in [2.45, 2.75) is 50.0 Å². The number of halogens is 4. The van der Waals surface area contributed by atoms with Gasteiger partial charge in [0.1, 0.15) is 6.33 Å². The van der Waals surface area contributed by atoms with E-state index in [-0.39, 0.29) is 30.6 Å². The van der Waals surface area contributed by atoms with Crippen LogP contribution in [0.15, 0.2) is 53.8 Å². The number of aromatic nitrogens is 5. The third-order valence-corrected chi connectivity index (χ3v) is 9.43. The molecule has 1 saturated carbocycles. The fourth-order valence-electron chi connectivity index (χ4n) is 6.46. The smallest absolute Gasteiger partial charge is 0.379 e. The lowest BCUT2D eigenvalue weighted by molar-refractivity contribution is -0.136. The van der Waals surface area contributed by atoms with E-state index in [2.05, 4.69) is 15.1 Å². The molecule has 4 aromatic rings. The van der Waals surface area contributed by atoms with Gasteiger partial charge in [-0.15, -0.1) is 10.2 Å². The number of likely N-dealkylation sites (tertiary alicyclic amines) is 1. The van der Waals surface area contributed by atoms with Gasteiger partial charge in [0.2, 0.25) is 0 Å². The molecule has 0 bridgehead atoms. The summed E-state index contributed by atoms with van der Waals surface area (Å²) >= 11 is 0. The van der Waals surface area contributed by atoms with Gasteiger partial charge in [0.15, 0.2) is 12.0 Å². The molecule has 0 amide bonds. The summed E-state index contributed by atoms with van der Waals surface area (Å²) in [5.74, 6) is 0.146. The number of aryl methyl sites for hydroxylation is 1. The molecule has 3 aromatic heterocycles. The van der Waals surface area contributed by atoms with Crippen LogP contribution in [0.3, 0.4) is 0 Å². The summed E-state index contributed by atoms with van der Waals surface area (Å²) in [4.78, 5) is 15.9. The fraction of sp³-hybridized carbons (Fsp3) is 0.483. The van der Waals surface area contributed by atoms with Gasteiger partial charge in [-0.25, -0.2) is 9.18 Å². The van der Waals surface area contributed by atoms with Gasteiger partial charge in [0.25, 0.3) is 0 Å². The van der Waals surface area contributed by atoms with Crippen LogP contribution in [-0.4, -0.2) is 54.9 Å². The van der Waals surface area contributed by atoms with Crippen molar-refractivity contribution in [2.24, 2.45) is 12.5 Å². The van der Waals surface area contributed by atoms with Crippen molar-refractivity contribution in [1.82, 2.24) is 28.6 Å². The molecule has 5 heterocycles. The third-order valence-electron chi connectivity index (χ3n) is 9.43. The van der Waals surface area contributed by atoms with Crippen LogP contribution in [0.1, 0.15) is 60.9 Å². The highest BCUT2D eigenvalue weighted by Crippen LogP contribution is 2.54. The Morgan fingerprint density at radius 1 is 1.10 bits per heavy atom. The number of pyridine rings is 1. The van der Waals surface area contributed by atoms with Gasteiger partial charge in [0, 0.05) is 32.0 Å². The number of alkyl halides is 4. The molecular weight excluding hydrogens is 540 g/mol. The highest BCUT2D eigenvalue weighted by Gasteiger charge is 2.51. The molecule has 1 aromatic carbocycles. The van der Waals surface area contributed by atoms with Crippen molar-refractivity contribution in [3.63, 3.8) is 0 Å². The first-order chi connectivity index (χ1) is 19.5. The molecule has 1 spiro atoms. The van der Waals surface area contributed by atoms with E-state index < -0.39 is 29.0 Å². The van der Waals surface area contributed by atoms with E-state index in [9.17, 15) is 18.0 Å². The maximum absolute atomic E-state index is 15.9. The van der Waals surface area contributed by atoms with Crippen LogP contribution in [0, 0.1) is 5.41 Å². The third kappa shape index (κ3) is 4.13. The Labute approximate surface area is 233 Å². The molecule has 2 saturated heterocycles. The molecule has 41 heavy (non-hydrogen) atoms. The minimum Gasteiger partial charge on any atom is -0.379 e. The number of hydrogen-bond acceptors (Lipinski definition) is 5. The van der Waals surface area contributed by atoms with Crippen LogP contribution in [0.4, 0.5) is 17.6 Å². The van der Waals surface area contributed by atoms with Crippen LogP contribution >= 0.6 is 0 Å². The van der Waals surface area contributed by atoms with E-state index in [4.69, 9.17) is 4.74 Å². The molecule has 3 fully saturated rings. The van der Waals surface area contributed by atoms with E-state index >= 15 is 4.39 Å². The average Bonchev–Trinajstić information content (AvgIpc) is 3.19. The highest BCUT2D eigenvalue weighted by molar-refractivity contribution is 5.58. The van der Waals surface area contributed by atoms with Crippen LogP contribution in [-0.2, 0) is 23.4 Å². The molecule has 2 unspecified atom stereocenters. The first-order valence-electron chi connectivity index (χ1n) is 13.8. The van der Waals surface area contributed by atoms with Gasteiger partial charge in [-0.1, -0.05) is 12.1 Å². The quantitative estimate of drug-likeness (QED) is 0.313. The van der Waals surface area contributed by atoms with Crippen molar-refractivity contribution >= 4 is 5.52 Å². The predicted molar refractivity (Wildman–Crippen MR) is 142 cm³/mol. The average molecular weight is 571 g/mol. The van der Waals surface area contributed by atoms with Crippen LogP contribution in [0.25, 0.3) is 11.2 Å². The van der Waals surface area contributed by atoms with Crippen LogP contribution in [0.5, 0.6) is 0 Å². The summed E-state index contributed by atoms with van der Waals surface area (Å²) in [6.45, 7) is 3.78. The number of imidazole rings is 1. The molecule has 216 valence electrons. The lowest BCUT2D eigenvalue weighted by atomic mass is 9.74. The lowest BCUT2D eigenvalue weighted by Crippen LogP contribution is -2.50. The molecule has 12 heteroatoms. The summed E-state index contributed by atoms with van der Waals surface area (Å²) in [5, 5.41) is 7.70. The lowest BCUT2D eigenvalue weighted by Gasteiger charge is -2.43. The van der Waals surface area contributed by atoms with Crippen LogP contribution in [0.2, 0.25) is 0 Å². The maximum Gasteiger partial charge on any atom is 0.418 e. The monoisotopic (exact) mass is 570 g/mol. The second-order valence-corrected chi connectivity index (χ2v) is 12.0. The van der Waals surface area contributed by atoms with E-state index in [1.165, 1.54) is 46.8 Å². The fourth-order valence-corrected chi connectivity index (χ4v) is 6.46. The van der Waals surface area contributed by atoms with Gasteiger partial charge in [-0.05, 0) is 67.5 Å². The molecule has 8 nitrogen and oxygen atoms in total. The second kappa shape index (κ2) is 8.99. The zero-order chi connectivity index (χ0) is 28.7. The van der Waals surface area contributed by atoms with Gasteiger partial charge in [-0.2, -0.15) is 13.2 Å². The van der Waals surface area contributed by atoms with Crippen molar-refractivity contribution in [1.29, 1.82) is 0 Å². The van der Waals surface area contributed by atoms with Gasteiger partial charge in [-0.3, -0.25) is 13.9 Å². The van der Waals surface area contributed by atoms with Crippen molar-refractivity contribution in [2.75, 3.05) is 26.3 Å². The Kier molecular flexibility index (Phi) is 5.79. The molecule has 0 N–H and O–H groups in total. The topological polar surface area (TPSA) is 69.6 Å². The number of nitrogens with zero attached hydrogens (tertiary/aromatic N) is 6. The van der Waals surface area contributed by atoms with Crippen molar-refractivity contribution < 1.29 is 22.3 Å². The van der Waals surface area contributed by atoms with Crippen molar-refractivity contribution in [3.8, 4) is 5.69 Å². The number of hydrogen-bond donors (Lipinski definition) is 0. The van der Waals surface area contributed by atoms with E-state index in [1.807, 2.05) is 6.92 Å². The zero-order valence-electron chi connectivity index (χ0n) is 22.7. The Balaban J connectivity index is 1.30. The standard InChI is InChI=1S/C29H30F4N6O2/c1-18(37-9-8-27(14-37)6-7-27)19-10-22(29(31,32)33)23-13-38(26(40)39(23)12-19)21-5-3-4-20(11-21)28(15-41-16-28)24(30)25-35-34-17-36(25)2/h3-5,10-13,17-18,24H,6-9,14-16H2,1-2H3. The van der Waals surface area contributed by atoms with Gasteiger partial charge in [0.05, 0.1) is 35.4 Å².